The minimum Gasteiger partial charge on any atom is -0.493 e. The molecule has 33 heavy (non-hydrogen) atoms. The highest BCUT2D eigenvalue weighted by Crippen LogP contribution is 2.40. The Morgan fingerprint density at radius 3 is 2.03 bits per heavy atom. The van der Waals surface area contributed by atoms with Crippen molar-refractivity contribution in [3.05, 3.63) is 22.6 Å². The van der Waals surface area contributed by atoms with Crippen LogP contribution in [0.15, 0.2) is 17.0 Å². The lowest BCUT2D eigenvalue weighted by atomic mass is 10.1. The van der Waals surface area contributed by atoms with Gasteiger partial charge in [0.2, 0.25) is 5.75 Å². The summed E-state index contributed by atoms with van der Waals surface area (Å²) in [5, 5.41) is 8.64. The number of carbonyl (C=O) groups excluding carboxylic acids is 1. The number of aliphatic carboxylic acids is 1. The summed E-state index contributed by atoms with van der Waals surface area (Å²) in [6.07, 6.45) is 10.2. The number of ether oxygens (including phenoxy) is 3. The minimum absolute atomic E-state index is 0.0721. The fourth-order valence-electron chi connectivity index (χ4n) is 3.64. The topological polar surface area (TPSA) is 85.3 Å². The molecule has 0 radical (unpaired) electrons. The van der Waals surface area contributed by atoms with E-state index in [4.69, 9.17) is 31.5 Å². The highest BCUT2D eigenvalue weighted by molar-refractivity contribution is 8.26. The first-order valence-electron chi connectivity index (χ1n) is 11.2. The number of carboxylic acid groups (broad SMARTS) is 1. The maximum atomic E-state index is 12.9. The van der Waals surface area contributed by atoms with E-state index in [1.54, 1.807) is 44.4 Å². The molecule has 2 rings (SSSR count). The molecule has 182 valence electrons. The van der Waals surface area contributed by atoms with Crippen molar-refractivity contribution in [2.24, 2.45) is 0 Å². The van der Waals surface area contributed by atoms with Crippen LogP contribution < -0.4 is 14.2 Å². The Morgan fingerprint density at radius 2 is 1.52 bits per heavy atom. The molecule has 9 heteroatoms. The van der Waals surface area contributed by atoms with E-state index in [9.17, 15) is 9.59 Å². The maximum absolute atomic E-state index is 12.9. The lowest BCUT2D eigenvalue weighted by Gasteiger charge is -2.14. The van der Waals surface area contributed by atoms with Crippen LogP contribution in [-0.4, -0.2) is 54.1 Å². The van der Waals surface area contributed by atoms with Gasteiger partial charge in [-0.3, -0.25) is 14.5 Å². The van der Waals surface area contributed by atoms with Crippen molar-refractivity contribution < 1.29 is 28.9 Å². The van der Waals surface area contributed by atoms with Crippen LogP contribution >= 0.6 is 24.0 Å². The third kappa shape index (κ3) is 8.23. The van der Waals surface area contributed by atoms with Crippen molar-refractivity contribution in [1.29, 1.82) is 0 Å². The number of thiocarbonyl (C=S) groups is 1. The average Bonchev–Trinajstić information content (AvgIpc) is 3.06. The van der Waals surface area contributed by atoms with Gasteiger partial charge in [-0.15, -0.1) is 0 Å². The van der Waals surface area contributed by atoms with E-state index in [2.05, 4.69) is 0 Å². The van der Waals surface area contributed by atoms with Gasteiger partial charge in [0.15, 0.2) is 11.5 Å². The molecule has 1 saturated heterocycles. The van der Waals surface area contributed by atoms with Crippen LogP contribution in [0.4, 0.5) is 0 Å². The zero-order valence-corrected chi connectivity index (χ0v) is 21.2. The van der Waals surface area contributed by atoms with Crippen molar-refractivity contribution in [3.8, 4) is 17.2 Å². The largest absolute Gasteiger partial charge is 0.493 e. The fraction of sp³-hybridized carbons (Fsp3) is 0.542. The lowest BCUT2D eigenvalue weighted by Crippen LogP contribution is -2.29. The molecule has 0 spiro atoms. The van der Waals surface area contributed by atoms with E-state index in [1.807, 2.05) is 0 Å². The second kappa shape index (κ2) is 14.1. The number of thioether (sulfide) groups is 1. The number of carboxylic acids is 1. The number of unbranched alkanes of at least 4 members (excludes halogenated alkanes) is 7. The Hall–Kier alpha value is -2.26. The van der Waals surface area contributed by atoms with Crippen molar-refractivity contribution >= 4 is 46.3 Å². The van der Waals surface area contributed by atoms with Gasteiger partial charge in [-0.25, -0.2) is 0 Å². The molecule has 1 fully saturated rings. The number of nitrogens with zero attached hydrogens (tertiary/aromatic N) is 1. The molecule has 1 aliphatic heterocycles. The maximum Gasteiger partial charge on any atom is 0.303 e. The van der Waals surface area contributed by atoms with E-state index in [0.29, 0.717) is 33.0 Å². The molecule has 1 amide bonds. The van der Waals surface area contributed by atoms with Gasteiger partial charge in [-0.1, -0.05) is 62.5 Å². The predicted molar refractivity (Wildman–Crippen MR) is 135 cm³/mol. The SMILES string of the molecule is COc1cc(/C=C2\SC(=S)N(CCCCCCCCCCC(=O)O)C2=O)cc(OC)c1OC. The predicted octanol–water partition coefficient (Wildman–Crippen LogP) is 5.51. The van der Waals surface area contributed by atoms with E-state index in [-0.39, 0.29) is 12.3 Å². The van der Waals surface area contributed by atoms with Crippen LogP contribution in [0, 0.1) is 0 Å². The Morgan fingerprint density at radius 1 is 0.970 bits per heavy atom. The zero-order valence-electron chi connectivity index (χ0n) is 19.6. The number of hydrogen-bond donors (Lipinski definition) is 1. The summed E-state index contributed by atoms with van der Waals surface area (Å²) < 4.78 is 16.7. The summed E-state index contributed by atoms with van der Waals surface area (Å²) in [7, 11) is 4.66. The number of carbonyl (C=O) groups is 2. The zero-order chi connectivity index (χ0) is 24.2. The first-order chi connectivity index (χ1) is 15.9. The van der Waals surface area contributed by atoms with E-state index < -0.39 is 5.97 Å². The van der Waals surface area contributed by atoms with Gasteiger partial charge in [0.05, 0.1) is 26.2 Å². The highest BCUT2D eigenvalue weighted by Gasteiger charge is 2.31. The van der Waals surface area contributed by atoms with E-state index >= 15 is 0 Å². The van der Waals surface area contributed by atoms with E-state index in [0.717, 1.165) is 56.9 Å². The second-order valence-electron chi connectivity index (χ2n) is 7.76. The molecule has 1 aromatic carbocycles. The van der Waals surface area contributed by atoms with Gasteiger partial charge in [0.25, 0.3) is 5.91 Å². The number of amides is 1. The standard InChI is InChI=1S/C24H33NO6S2/c1-29-18-14-17(15-19(30-2)22(18)31-3)16-20-23(28)25(24(32)33-20)13-11-9-7-5-4-6-8-10-12-21(26)27/h14-16H,4-13H2,1-3H3,(H,26,27)/b20-16-. The van der Waals surface area contributed by atoms with Crippen molar-refractivity contribution in [3.63, 3.8) is 0 Å². The minimum atomic E-state index is -0.719. The summed E-state index contributed by atoms with van der Waals surface area (Å²) in [6.45, 7) is 0.621. The molecule has 1 aliphatic rings. The van der Waals surface area contributed by atoms with Crippen LogP contribution in [-0.2, 0) is 9.59 Å². The number of rotatable bonds is 15. The molecule has 1 heterocycles. The third-order valence-electron chi connectivity index (χ3n) is 5.38. The van der Waals surface area contributed by atoms with E-state index in [1.165, 1.54) is 11.8 Å². The normalized spacial score (nSPS) is 14.8. The molecule has 0 saturated carbocycles. The Bertz CT molecular complexity index is 846. The molecular formula is C24H33NO6S2. The molecule has 1 aromatic rings. The van der Waals surface area contributed by atoms with Crippen LogP contribution in [0.1, 0.15) is 63.4 Å². The number of methoxy groups -OCH3 is 3. The summed E-state index contributed by atoms with van der Waals surface area (Å²) in [5.74, 6) is 0.770. The van der Waals surface area contributed by atoms with Crippen LogP contribution in [0.3, 0.4) is 0 Å². The summed E-state index contributed by atoms with van der Waals surface area (Å²) in [5.41, 5.74) is 0.772. The Labute approximate surface area is 205 Å². The van der Waals surface area contributed by atoms with Gasteiger partial charge in [0.1, 0.15) is 4.32 Å². The quantitative estimate of drug-likeness (QED) is 0.194. The first-order valence-corrected chi connectivity index (χ1v) is 12.4. The van der Waals surface area contributed by atoms with Crippen LogP contribution in [0.25, 0.3) is 6.08 Å². The van der Waals surface area contributed by atoms with Gasteiger partial charge in [-0.05, 0) is 36.6 Å². The molecule has 1 N–H and O–H groups in total. The summed E-state index contributed by atoms with van der Waals surface area (Å²) >= 11 is 6.75. The third-order valence-corrected chi connectivity index (χ3v) is 6.76. The number of hydrogen-bond acceptors (Lipinski definition) is 7. The van der Waals surface area contributed by atoms with Crippen molar-refractivity contribution in [1.82, 2.24) is 4.90 Å². The Kier molecular flexibility index (Phi) is 11.5. The van der Waals surface area contributed by atoms with Gasteiger partial charge >= 0.3 is 5.97 Å². The molecule has 0 aliphatic carbocycles. The molecule has 0 atom stereocenters. The smallest absolute Gasteiger partial charge is 0.303 e. The molecule has 0 bridgehead atoms. The van der Waals surface area contributed by atoms with Gasteiger partial charge in [0, 0.05) is 13.0 Å². The summed E-state index contributed by atoms with van der Waals surface area (Å²) in [4.78, 5) is 25.6. The van der Waals surface area contributed by atoms with Gasteiger partial charge in [-0.2, -0.15) is 0 Å². The molecule has 7 nitrogen and oxygen atoms in total. The number of benzene rings is 1. The van der Waals surface area contributed by atoms with Crippen LogP contribution in [0.5, 0.6) is 17.2 Å². The first kappa shape index (κ1) is 27.0. The fourth-order valence-corrected chi connectivity index (χ4v) is 4.94. The Balaban J connectivity index is 1.82. The van der Waals surface area contributed by atoms with Crippen LogP contribution in [0.2, 0.25) is 0 Å². The molecule has 0 unspecified atom stereocenters. The van der Waals surface area contributed by atoms with Gasteiger partial charge < -0.3 is 19.3 Å². The van der Waals surface area contributed by atoms with Crippen molar-refractivity contribution in [2.75, 3.05) is 27.9 Å². The highest BCUT2D eigenvalue weighted by atomic mass is 32.2. The van der Waals surface area contributed by atoms with Crippen molar-refractivity contribution in [2.45, 2.75) is 57.8 Å². The molecular weight excluding hydrogens is 462 g/mol. The summed E-state index contributed by atoms with van der Waals surface area (Å²) in [6, 6.07) is 3.60. The molecule has 0 aromatic heterocycles. The second-order valence-corrected chi connectivity index (χ2v) is 9.44. The average molecular weight is 496 g/mol. The monoisotopic (exact) mass is 495 g/mol. The lowest BCUT2D eigenvalue weighted by molar-refractivity contribution is -0.137.